The third kappa shape index (κ3) is 1.95. The van der Waals surface area contributed by atoms with Crippen molar-refractivity contribution in [3.8, 4) is 0 Å². The Kier molecular flexibility index (Phi) is 2.82. The Morgan fingerprint density at radius 1 is 1.50 bits per heavy atom. The van der Waals surface area contributed by atoms with Gasteiger partial charge in [0.1, 0.15) is 0 Å². The number of carbonyl (C=O) groups is 1. The van der Waals surface area contributed by atoms with E-state index in [9.17, 15) is 9.59 Å². The Bertz CT molecular complexity index is 373. The molecule has 0 bridgehead atoms. The van der Waals surface area contributed by atoms with E-state index in [0.29, 0.717) is 0 Å². The van der Waals surface area contributed by atoms with E-state index in [1.807, 2.05) is 0 Å². The molecule has 2 rings (SSSR count). The van der Waals surface area contributed by atoms with E-state index in [1.54, 1.807) is 11.6 Å². The van der Waals surface area contributed by atoms with E-state index in [0.717, 1.165) is 37.0 Å². The van der Waals surface area contributed by atoms with E-state index < -0.39 is 0 Å². The van der Waals surface area contributed by atoms with E-state index in [1.165, 1.54) is 4.57 Å². The molecular formula is C10H13NO2S. The average molecular weight is 211 g/mol. The monoisotopic (exact) mass is 211 g/mol. The Morgan fingerprint density at radius 3 is 2.79 bits per heavy atom. The zero-order chi connectivity index (χ0) is 9.97. The van der Waals surface area contributed by atoms with Gasteiger partial charge in [0, 0.05) is 17.5 Å². The number of hydrogen-bond acceptors (Lipinski definition) is 3. The highest BCUT2D eigenvalue weighted by Gasteiger charge is 2.22. The van der Waals surface area contributed by atoms with Gasteiger partial charge in [0.25, 0.3) is 0 Å². The third-order valence-electron chi connectivity index (χ3n) is 2.78. The summed E-state index contributed by atoms with van der Waals surface area (Å²) in [4.78, 5) is 22.9. The Hall–Kier alpha value is -0.900. The van der Waals surface area contributed by atoms with Crippen molar-refractivity contribution >= 4 is 17.1 Å². The van der Waals surface area contributed by atoms with Gasteiger partial charge in [-0.3, -0.25) is 14.2 Å². The Labute approximate surface area is 86.4 Å². The minimum Gasteiger partial charge on any atom is -0.299 e. The van der Waals surface area contributed by atoms with Crippen LogP contribution in [0.4, 0.5) is 0 Å². The summed E-state index contributed by atoms with van der Waals surface area (Å²) in [5.74, 6) is 0.435. The molecule has 1 aromatic rings. The molecule has 0 aromatic carbocycles. The number of aromatic nitrogens is 1. The highest BCUT2D eigenvalue weighted by Crippen LogP contribution is 2.25. The standard InChI is InChI=1S/C10H13NO2S/c12-9(8-3-1-2-4-8)7-11-5-6-14-10(11)13/h5-6,8H,1-4,7H2. The summed E-state index contributed by atoms with van der Waals surface area (Å²) in [7, 11) is 0. The predicted octanol–water partition coefficient (Wildman–Crippen LogP) is 1.67. The third-order valence-corrected chi connectivity index (χ3v) is 3.47. The topological polar surface area (TPSA) is 39.1 Å². The summed E-state index contributed by atoms with van der Waals surface area (Å²) in [6.45, 7) is 0.271. The van der Waals surface area contributed by atoms with Crippen LogP contribution in [0.15, 0.2) is 16.4 Å². The van der Waals surface area contributed by atoms with Crippen molar-refractivity contribution in [2.24, 2.45) is 5.92 Å². The van der Waals surface area contributed by atoms with Gasteiger partial charge in [-0.15, -0.1) is 0 Å². The van der Waals surface area contributed by atoms with Crippen molar-refractivity contribution in [1.82, 2.24) is 4.57 Å². The second-order valence-electron chi connectivity index (χ2n) is 3.74. The van der Waals surface area contributed by atoms with Crippen molar-refractivity contribution in [3.63, 3.8) is 0 Å². The van der Waals surface area contributed by atoms with Crippen LogP contribution in [-0.2, 0) is 11.3 Å². The minimum absolute atomic E-state index is 0.0312. The van der Waals surface area contributed by atoms with Gasteiger partial charge in [-0.05, 0) is 12.8 Å². The lowest BCUT2D eigenvalue weighted by molar-refractivity contribution is -0.123. The van der Waals surface area contributed by atoms with Crippen LogP contribution in [0.3, 0.4) is 0 Å². The number of nitrogens with zero attached hydrogens (tertiary/aromatic N) is 1. The molecule has 0 atom stereocenters. The van der Waals surface area contributed by atoms with E-state index >= 15 is 0 Å². The molecule has 4 heteroatoms. The van der Waals surface area contributed by atoms with Crippen LogP contribution in [0.2, 0.25) is 0 Å². The molecule has 76 valence electrons. The van der Waals surface area contributed by atoms with Gasteiger partial charge < -0.3 is 0 Å². The molecule has 0 aliphatic heterocycles. The fourth-order valence-electron chi connectivity index (χ4n) is 1.95. The van der Waals surface area contributed by atoms with E-state index in [4.69, 9.17) is 0 Å². The van der Waals surface area contributed by atoms with Crippen molar-refractivity contribution in [3.05, 3.63) is 21.2 Å². The predicted molar refractivity (Wildman–Crippen MR) is 55.5 cm³/mol. The SMILES string of the molecule is O=C(Cn1ccsc1=O)C1CCCC1. The van der Waals surface area contributed by atoms with E-state index in [2.05, 4.69) is 0 Å². The van der Waals surface area contributed by atoms with Gasteiger partial charge >= 0.3 is 4.87 Å². The number of carbonyl (C=O) groups excluding carboxylic acids is 1. The summed E-state index contributed by atoms with van der Waals surface area (Å²) >= 11 is 1.14. The van der Waals surface area contributed by atoms with Crippen molar-refractivity contribution in [1.29, 1.82) is 0 Å². The van der Waals surface area contributed by atoms with Crippen LogP contribution in [0.1, 0.15) is 25.7 Å². The summed E-state index contributed by atoms with van der Waals surface area (Å²) in [5.41, 5.74) is 0. The molecule has 0 amide bonds. The van der Waals surface area contributed by atoms with Crippen LogP contribution in [0.25, 0.3) is 0 Å². The molecule has 0 spiro atoms. The molecule has 0 saturated heterocycles. The second kappa shape index (κ2) is 4.09. The maximum absolute atomic E-state index is 11.7. The first kappa shape index (κ1) is 9.65. The molecule has 3 nitrogen and oxygen atoms in total. The van der Waals surface area contributed by atoms with Gasteiger partial charge in [0.2, 0.25) is 0 Å². The highest BCUT2D eigenvalue weighted by molar-refractivity contribution is 7.07. The van der Waals surface area contributed by atoms with Crippen molar-refractivity contribution in [2.75, 3.05) is 0 Å². The second-order valence-corrected chi connectivity index (χ2v) is 4.60. The van der Waals surface area contributed by atoms with Crippen LogP contribution < -0.4 is 4.87 Å². The molecular weight excluding hydrogens is 198 g/mol. The molecule has 0 radical (unpaired) electrons. The fourth-order valence-corrected chi connectivity index (χ4v) is 2.54. The maximum Gasteiger partial charge on any atom is 0.307 e. The van der Waals surface area contributed by atoms with Crippen LogP contribution in [0, 0.1) is 5.92 Å². The van der Waals surface area contributed by atoms with Gasteiger partial charge in [-0.25, -0.2) is 0 Å². The van der Waals surface area contributed by atoms with Crippen LogP contribution in [0.5, 0.6) is 0 Å². The number of hydrogen-bond donors (Lipinski definition) is 0. The smallest absolute Gasteiger partial charge is 0.299 e. The Morgan fingerprint density at radius 2 is 2.21 bits per heavy atom. The van der Waals surface area contributed by atoms with E-state index in [-0.39, 0.29) is 23.1 Å². The molecule has 1 aliphatic carbocycles. The lowest BCUT2D eigenvalue weighted by atomic mass is 10.0. The first-order valence-electron chi connectivity index (χ1n) is 4.94. The molecule has 1 aromatic heterocycles. The van der Waals surface area contributed by atoms with Gasteiger partial charge in [0.05, 0.1) is 6.54 Å². The van der Waals surface area contributed by atoms with Crippen molar-refractivity contribution < 1.29 is 4.79 Å². The molecule has 0 N–H and O–H groups in total. The van der Waals surface area contributed by atoms with Crippen LogP contribution >= 0.6 is 11.3 Å². The summed E-state index contributed by atoms with van der Waals surface area (Å²) in [5, 5.41) is 1.73. The Balaban J connectivity index is 2.01. The average Bonchev–Trinajstić information content (AvgIpc) is 2.77. The van der Waals surface area contributed by atoms with Crippen molar-refractivity contribution in [2.45, 2.75) is 32.2 Å². The first-order chi connectivity index (χ1) is 6.77. The number of ketones is 1. The number of rotatable bonds is 3. The highest BCUT2D eigenvalue weighted by atomic mass is 32.1. The molecule has 0 unspecified atom stereocenters. The minimum atomic E-state index is -0.0312. The summed E-state index contributed by atoms with van der Waals surface area (Å²) in [6.07, 6.45) is 6.04. The first-order valence-corrected chi connectivity index (χ1v) is 5.82. The van der Waals surface area contributed by atoms with Crippen LogP contribution in [-0.4, -0.2) is 10.4 Å². The number of thiazole rings is 1. The summed E-state index contributed by atoms with van der Waals surface area (Å²) in [6, 6.07) is 0. The van der Waals surface area contributed by atoms with Gasteiger partial charge in [-0.2, -0.15) is 0 Å². The quantitative estimate of drug-likeness (QED) is 0.763. The van der Waals surface area contributed by atoms with Gasteiger partial charge in [0.15, 0.2) is 5.78 Å². The zero-order valence-electron chi connectivity index (χ0n) is 7.94. The molecule has 1 heterocycles. The fraction of sp³-hybridized carbons (Fsp3) is 0.600. The van der Waals surface area contributed by atoms with Gasteiger partial charge in [-0.1, -0.05) is 24.2 Å². The maximum atomic E-state index is 11.7. The molecule has 1 aliphatic rings. The molecule has 1 saturated carbocycles. The normalized spacial score (nSPS) is 17.4. The number of Topliss-reactive ketones (excluding diaryl/α,β-unsaturated/α-hetero) is 1. The lowest BCUT2D eigenvalue weighted by Gasteiger charge is -2.07. The molecule has 1 fully saturated rings. The molecule has 14 heavy (non-hydrogen) atoms. The summed E-state index contributed by atoms with van der Waals surface area (Å²) < 4.78 is 1.51. The lowest BCUT2D eigenvalue weighted by Crippen LogP contribution is -2.22. The zero-order valence-corrected chi connectivity index (χ0v) is 8.76. The largest absolute Gasteiger partial charge is 0.307 e.